The molecule has 16 heavy (non-hydrogen) atoms. The molecule has 0 saturated heterocycles. The molecule has 1 saturated carbocycles. The average molecular weight is 287 g/mol. The third-order valence-electron chi connectivity index (χ3n) is 3.40. The van der Waals surface area contributed by atoms with Crippen LogP contribution in [0.5, 0.6) is 0 Å². The van der Waals surface area contributed by atoms with Crippen molar-refractivity contribution in [3.05, 3.63) is 34.1 Å². The lowest BCUT2D eigenvalue weighted by Gasteiger charge is -2.18. The van der Waals surface area contributed by atoms with E-state index < -0.39 is 0 Å². The minimum atomic E-state index is -0.315. The van der Waals surface area contributed by atoms with Crippen LogP contribution in [0, 0.1) is 17.7 Å². The lowest BCUT2D eigenvalue weighted by molar-refractivity contribution is 0.105. The van der Waals surface area contributed by atoms with Gasteiger partial charge in [0.05, 0.1) is 10.6 Å². The maximum Gasteiger partial charge on any atom is 0.137 e. The van der Waals surface area contributed by atoms with Gasteiger partial charge in [0.15, 0.2) is 0 Å². The van der Waals surface area contributed by atoms with E-state index in [1.54, 1.807) is 12.1 Å². The molecular formula is C13H16BrFO. The van der Waals surface area contributed by atoms with E-state index in [1.807, 2.05) is 0 Å². The van der Waals surface area contributed by atoms with Gasteiger partial charge in [-0.1, -0.05) is 13.0 Å². The Kier molecular flexibility index (Phi) is 3.65. The summed E-state index contributed by atoms with van der Waals surface area (Å²) in [5.74, 6) is 0.788. The first-order valence-electron chi connectivity index (χ1n) is 5.70. The van der Waals surface area contributed by atoms with Gasteiger partial charge in [-0.2, -0.15) is 0 Å². The van der Waals surface area contributed by atoms with E-state index in [2.05, 4.69) is 22.9 Å². The molecule has 0 aromatic heterocycles. The second-order valence-corrected chi connectivity index (χ2v) is 5.57. The smallest absolute Gasteiger partial charge is 0.137 e. The highest BCUT2D eigenvalue weighted by atomic mass is 79.9. The summed E-state index contributed by atoms with van der Waals surface area (Å²) in [6.45, 7) is 2.10. The van der Waals surface area contributed by atoms with Crippen molar-refractivity contribution < 1.29 is 9.50 Å². The molecule has 1 N–H and O–H groups in total. The van der Waals surface area contributed by atoms with Gasteiger partial charge in [-0.15, -0.1) is 0 Å². The number of aliphatic hydroxyl groups excluding tert-OH is 1. The highest BCUT2D eigenvalue weighted by molar-refractivity contribution is 9.10. The first kappa shape index (κ1) is 12.1. The molecule has 1 nitrogen and oxygen atoms in total. The summed E-state index contributed by atoms with van der Waals surface area (Å²) in [5, 5.41) is 10.0. The SMILES string of the molecule is CC(C(O)Cc1ccc(F)c(Br)c1)C1CC1. The number of aliphatic hydroxyl groups is 1. The molecule has 1 fully saturated rings. The summed E-state index contributed by atoms with van der Waals surface area (Å²) in [4.78, 5) is 0. The van der Waals surface area contributed by atoms with Gasteiger partial charge < -0.3 is 5.11 Å². The van der Waals surface area contributed by atoms with Crippen molar-refractivity contribution in [3.63, 3.8) is 0 Å². The number of hydrogen-bond acceptors (Lipinski definition) is 1. The van der Waals surface area contributed by atoms with Crippen LogP contribution in [-0.2, 0) is 6.42 Å². The Morgan fingerprint density at radius 2 is 2.19 bits per heavy atom. The summed E-state index contributed by atoms with van der Waals surface area (Å²) in [6, 6.07) is 4.93. The Bertz CT molecular complexity index is 376. The zero-order valence-corrected chi connectivity index (χ0v) is 10.9. The van der Waals surface area contributed by atoms with E-state index in [4.69, 9.17) is 0 Å². The van der Waals surface area contributed by atoms with Gasteiger partial charge in [0.25, 0.3) is 0 Å². The van der Waals surface area contributed by atoms with Gasteiger partial charge in [-0.3, -0.25) is 0 Å². The fourth-order valence-electron chi connectivity index (χ4n) is 2.03. The lowest BCUT2D eigenvalue weighted by atomic mass is 9.94. The Balaban J connectivity index is 1.99. The molecule has 3 heteroatoms. The highest BCUT2D eigenvalue weighted by Gasteiger charge is 2.32. The van der Waals surface area contributed by atoms with Crippen molar-refractivity contribution in [1.29, 1.82) is 0 Å². The van der Waals surface area contributed by atoms with Crippen molar-refractivity contribution in [2.45, 2.75) is 32.3 Å². The lowest BCUT2D eigenvalue weighted by Crippen LogP contribution is -2.21. The molecule has 1 aliphatic rings. The van der Waals surface area contributed by atoms with Crippen LogP contribution in [0.15, 0.2) is 22.7 Å². The third-order valence-corrected chi connectivity index (χ3v) is 4.01. The average Bonchev–Trinajstić information content (AvgIpc) is 3.06. The predicted molar refractivity (Wildman–Crippen MR) is 65.7 cm³/mol. The molecule has 0 heterocycles. The number of halogens is 2. The second kappa shape index (κ2) is 4.84. The maximum absolute atomic E-state index is 13.0. The minimum absolute atomic E-state index is 0.256. The van der Waals surface area contributed by atoms with Gasteiger partial charge in [-0.25, -0.2) is 4.39 Å². The van der Waals surface area contributed by atoms with Crippen LogP contribution in [-0.4, -0.2) is 11.2 Å². The normalized spacial score (nSPS) is 19.5. The quantitative estimate of drug-likeness (QED) is 0.898. The summed E-state index contributed by atoms with van der Waals surface area (Å²) in [6.07, 6.45) is 2.78. The van der Waals surface area contributed by atoms with E-state index >= 15 is 0 Å². The topological polar surface area (TPSA) is 20.2 Å². The van der Waals surface area contributed by atoms with Crippen LogP contribution in [0.25, 0.3) is 0 Å². The standard InChI is InChI=1S/C13H16BrFO/c1-8(10-3-4-10)13(16)7-9-2-5-12(15)11(14)6-9/h2,5-6,8,10,13,16H,3-4,7H2,1H3. The molecule has 88 valence electrons. The van der Waals surface area contributed by atoms with Crippen molar-refractivity contribution in [2.24, 2.45) is 11.8 Å². The molecule has 0 bridgehead atoms. The molecule has 0 amide bonds. The van der Waals surface area contributed by atoms with Crippen LogP contribution in [0.3, 0.4) is 0 Å². The molecular weight excluding hydrogens is 271 g/mol. The third kappa shape index (κ3) is 2.83. The molecule has 1 aromatic carbocycles. The van der Waals surface area contributed by atoms with E-state index in [0.717, 1.165) is 5.56 Å². The Morgan fingerprint density at radius 3 is 2.75 bits per heavy atom. The largest absolute Gasteiger partial charge is 0.392 e. The van der Waals surface area contributed by atoms with Crippen molar-refractivity contribution >= 4 is 15.9 Å². The molecule has 2 atom stereocenters. The number of rotatable bonds is 4. The Hall–Kier alpha value is -0.410. The van der Waals surface area contributed by atoms with E-state index in [0.29, 0.717) is 22.7 Å². The van der Waals surface area contributed by atoms with Crippen LogP contribution in [0.1, 0.15) is 25.3 Å². The second-order valence-electron chi connectivity index (χ2n) is 4.72. The zero-order chi connectivity index (χ0) is 11.7. The van der Waals surface area contributed by atoms with Gasteiger partial charge in [0.2, 0.25) is 0 Å². The summed E-state index contributed by atoms with van der Waals surface area (Å²) in [7, 11) is 0. The van der Waals surface area contributed by atoms with Gasteiger partial charge in [0.1, 0.15) is 5.82 Å². The minimum Gasteiger partial charge on any atom is -0.392 e. The Morgan fingerprint density at radius 1 is 1.50 bits per heavy atom. The first-order chi connectivity index (χ1) is 7.58. The molecule has 2 unspecified atom stereocenters. The van der Waals surface area contributed by atoms with Crippen LogP contribution < -0.4 is 0 Å². The number of hydrogen-bond donors (Lipinski definition) is 1. The highest BCUT2D eigenvalue weighted by Crippen LogP contribution is 2.38. The molecule has 0 spiro atoms. The van der Waals surface area contributed by atoms with Crippen molar-refractivity contribution in [1.82, 2.24) is 0 Å². The van der Waals surface area contributed by atoms with Gasteiger partial charge in [-0.05, 0) is 64.7 Å². The summed E-state index contributed by atoms with van der Waals surface area (Å²) >= 11 is 3.16. The molecule has 0 radical (unpaired) electrons. The van der Waals surface area contributed by atoms with Crippen LogP contribution in [0.4, 0.5) is 4.39 Å². The monoisotopic (exact) mass is 286 g/mol. The predicted octanol–water partition coefficient (Wildman–Crippen LogP) is 3.54. The van der Waals surface area contributed by atoms with Crippen LogP contribution >= 0.6 is 15.9 Å². The molecule has 1 aliphatic carbocycles. The first-order valence-corrected chi connectivity index (χ1v) is 6.49. The molecule has 0 aliphatic heterocycles. The van der Waals surface area contributed by atoms with Gasteiger partial charge in [0, 0.05) is 0 Å². The fraction of sp³-hybridized carbons (Fsp3) is 0.538. The van der Waals surface area contributed by atoms with E-state index in [9.17, 15) is 9.50 Å². The maximum atomic E-state index is 13.0. The van der Waals surface area contributed by atoms with E-state index in [1.165, 1.54) is 18.9 Å². The molecule has 1 aromatic rings. The van der Waals surface area contributed by atoms with Crippen LogP contribution in [0.2, 0.25) is 0 Å². The van der Waals surface area contributed by atoms with Crippen molar-refractivity contribution in [3.8, 4) is 0 Å². The Labute approximate surface area is 104 Å². The zero-order valence-electron chi connectivity index (χ0n) is 9.29. The molecule has 2 rings (SSSR count). The summed E-state index contributed by atoms with van der Waals surface area (Å²) in [5.41, 5.74) is 0.980. The number of benzene rings is 1. The summed E-state index contributed by atoms with van der Waals surface area (Å²) < 4.78 is 13.5. The fourth-order valence-corrected chi connectivity index (χ4v) is 2.46. The van der Waals surface area contributed by atoms with Crippen molar-refractivity contribution in [2.75, 3.05) is 0 Å². The van der Waals surface area contributed by atoms with Gasteiger partial charge >= 0.3 is 0 Å². The van der Waals surface area contributed by atoms with E-state index in [-0.39, 0.29) is 11.9 Å².